The molecule has 188 valence electrons. The first-order valence-electron chi connectivity index (χ1n) is 12.6. The molecule has 0 aromatic heterocycles. The van der Waals surface area contributed by atoms with Crippen molar-refractivity contribution in [3.05, 3.63) is 94.0 Å². The summed E-state index contributed by atoms with van der Waals surface area (Å²) < 4.78 is 6.54. The number of aryl methyl sites for hydroxylation is 1. The predicted molar refractivity (Wildman–Crippen MR) is 152 cm³/mol. The lowest BCUT2D eigenvalue weighted by Crippen LogP contribution is -2.20. The van der Waals surface area contributed by atoms with Gasteiger partial charge in [0.2, 0.25) is 0 Å². The number of hydrogen-bond acceptors (Lipinski definition) is 2. The molecule has 0 saturated heterocycles. The highest BCUT2D eigenvalue weighted by atomic mass is 35.5. The topological polar surface area (TPSA) is 38.3 Å². The molecule has 3 aromatic carbocycles. The Balaban J connectivity index is 1.84. The third-order valence-corrected chi connectivity index (χ3v) is 6.70. The van der Waals surface area contributed by atoms with Crippen LogP contribution in [0.5, 0.6) is 5.75 Å². The fourth-order valence-electron chi connectivity index (χ4n) is 4.54. The quantitative estimate of drug-likeness (QED) is 0.273. The van der Waals surface area contributed by atoms with Gasteiger partial charge in [-0.3, -0.25) is 4.79 Å². The van der Waals surface area contributed by atoms with Crippen LogP contribution in [0.3, 0.4) is 0 Å². The van der Waals surface area contributed by atoms with Crippen molar-refractivity contribution in [2.45, 2.75) is 65.4 Å². The molecule has 1 aliphatic rings. The number of rotatable bonds is 6. The molecule has 0 saturated carbocycles. The number of carbonyl (C=O) groups is 1. The Hall–Kier alpha value is -3.04. The zero-order valence-corrected chi connectivity index (χ0v) is 22.9. The maximum absolute atomic E-state index is 13.0. The van der Waals surface area contributed by atoms with Gasteiger partial charge in [-0.1, -0.05) is 77.9 Å². The molecule has 0 unspecified atom stereocenters. The normalized spacial score (nSPS) is 14.6. The summed E-state index contributed by atoms with van der Waals surface area (Å²) in [4.78, 5) is 13.0. The SMILES string of the molecule is CC(C)(C)c1cc(C=C2C(=O)Nc3ccc(CCCl)cc32)cc(C(C)(C)C)c1OCc1ccccc1. The van der Waals surface area contributed by atoms with Crippen LogP contribution in [0.1, 0.15) is 74.9 Å². The molecule has 0 fully saturated rings. The van der Waals surface area contributed by atoms with Crippen molar-refractivity contribution in [1.29, 1.82) is 0 Å². The van der Waals surface area contributed by atoms with Crippen molar-refractivity contribution in [3.63, 3.8) is 0 Å². The number of alkyl halides is 1. The van der Waals surface area contributed by atoms with Crippen molar-refractivity contribution in [3.8, 4) is 5.75 Å². The number of hydrogen-bond donors (Lipinski definition) is 1. The van der Waals surface area contributed by atoms with Crippen molar-refractivity contribution in [2.75, 3.05) is 11.2 Å². The number of nitrogens with one attached hydrogen (secondary N) is 1. The molecule has 1 N–H and O–H groups in total. The van der Waals surface area contributed by atoms with Crippen LogP contribution >= 0.6 is 11.6 Å². The maximum atomic E-state index is 13.0. The highest BCUT2D eigenvalue weighted by Gasteiger charge is 2.29. The summed E-state index contributed by atoms with van der Waals surface area (Å²) in [6.45, 7) is 13.7. The van der Waals surface area contributed by atoms with Gasteiger partial charge in [-0.05, 0) is 64.3 Å². The van der Waals surface area contributed by atoms with Crippen LogP contribution in [0.25, 0.3) is 11.6 Å². The van der Waals surface area contributed by atoms with Crippen molar-refractivity contribution in [2.24, 2.45) is 0 Å². The third kappa shape index (κ3) is 5.68. The minimum Gasteiger partial charge on any atom is -0.488 e. The Morgan fingerprint density at radius 3 is 2.08 bits per heavy atom. The molecular weight excluding hydrogens is 466 g/mol. The molecule has 1 heterocycles. The molecule has 36 heavy (non-hydrogen) atoms. The minimum absolute atomic E-state index is 0.0768. The number of amides is 1. The van der Waals surface area contributed by atoms with E-state index in [1.54, 1.807) is 0 Å². The van der Waals surface area contributed by atoms with Crippen LogP contribution in [-0.4, -0.2) is 11.8 Å². The van der Waals surface area contributed by atoms with Gasteiger partial charge in [0.1, 0.15) is 12.4 Å². The summed E-state index contributed by atoms with van der Waals surface area (Å²) in [5.74, 6) is 1.40. The number of anilines is 1. The average Bonchev–Trinajstić information content (AvgIpc) is 3.11. The van der Waals surface area contributed by atoms with Gasteiger partial charge in [0.05, 0.1) is 0 Å². The summed E-state index contributed by atoms with van der Waals surface area (Å²) in [6.07, 6.45) is 2.78. The van der Waals surface area contributed by atoms with E-state index in [9.17, 15) is 4.79 Å². The summed E-state index contributed by atoms with van der Waals surface area (Å²) in [5.41, 5.74) is 7.68. The molecule has 0 spiro atoms. The number of halogens is 1. The van der Waals surface area contributed by atoms with Gasteiger partial charge in [-0.15, -0.1) is 11.6 Å². The van der Waals surface area contributed by atoms with E-state index in [0.29, 0.717) is 18.1 Å². The van der Waals surface area contributed by atoms with E-state index < -0.39 is 0 Å². The van der Waals surface area contributed by atoms with Gasteiger partial charge in [0, 0.05) is 33.8 Å². The highest BCUT2D eigenvalue weighted by Crippen LogP contribution is 2.42. The molecule has 4 heteroatoms. The zero-order chi connectivity index (χ0) is 26.1. The van der Waals surface area contributed by atoms with E-state index in [0.717, 1.165) is 51.2 Å². The Kier molecular flexibility index (Phi) is 7.33. The molecule has 0 bridgehead atoms. The summed E-state index contributed by atoms with van der Waals surface area (Å²) in [5, 5.41) is 3.01. The molecular formula is C32H36ClNO2. The molecule has 0 radical (unpaired) electrons. The Bertz CT molecular complexity index is 1260. The maximum Gasteiger partial charge on any atom is 0.256 e. The Labute approximate surface area is 220 Å². The summed E-state index contributed by atoms with van der Waals surface area (Å²) in [6, 6.07) is 20.7. The van der Waals surface area contributed by atoms with Gasteiger partial charge in [-0.25, -0.2) is 0 Å². The van der Waals surface area contributed by atoms with Crippen LogP contribution in [0.2, 0.25) is 0 Å². The van der Waals surface area contributed by atoms with Gasteiger partial charge in [-0.2, -0.15) is 0 Å². The lowest BCUT2D eigenvalue weighted by Gasteiger charge is -2.30. The van der Waals surface area contributed by atoms with Crippen LogP contribution in [0, 0.1) is 0 Å². The fourth-order valence-corrected chi connectivity index (χ4v) is 4.76. The first-order valence-corrected chi connectivity index (χ1v) is 13.1. The van der Waals surface area contributed by atoms with Crippen LogP contribution < -0.4 is 10.1 Å². The molecule has 0 atom stereocenters. The van der Waals surface area contributed by atoms with Crippen LogP contribution in [0.15, 0.2) is 60.7 Å². The Morgan fingerprint density at radius 2 is 1.50 bits per heavy atom. The summed E-state index contributed by atoms with van der Waals surface area (Å²) in [7, 11) is 0. The van der Waals surface area contributed by atoms with Gasteiger partial charge in [0.15, 0.2) is 0 Å². The van der Waals surface area contributed by atoms with Crippen LogP contribution in [0.4, 0.5) is 5.69 Å². The second-order valence-electron chi connectivity index (χ2n) is 11.6. The van der Waals surface area contributed by atoms with Crippen LogP contribution in [-0.2, 0) is 28.7 Å². The average molecular weight is 502 g/mol. The number of ether oxygens (including phenoxy) is 1. The smallest absolute Gasteiger partial charge is 0.256 e. The fraction of sp³-hybridized carbons (Fsp3) is 0.344. The van der Waals surface area contributed by atoms with Crippen molar-refractivity contribution in [1.82, 2.24) is 0 Å². The van der Waals surface area contributed by atoms with E-state index in [1.165, 1.54) is 0 Å². The number of benzene rings is 3. The molecule has 0 aliphatic carbocycles. The second kappa shape index (κ2) is 10.1. The Morgan fingerprint density at radius 1 is 0.861 bits per heavy atom. The first-order chi connectivity index (χ1) is 17.0. The largest absolute Gasteiger partial charge is 0.488 e. The van der Waals surface area contributed by atoms with E-state index in [1.807, 2.05) is 36.4 Å². The number of carbonyl (C=O) groups excluding carboxylic acids is 1. The van der Waals surface area contributed by atoms with Gasteiger partial charge < -0.3 is 10.1 Å². The van der Waals surface area contributed by atoms with Crippen molar-refractivity contribution < 1.29 is 9.53 Å². The van der Waals surface area contributed by atoms with Gasteiger partial charge in [0.25, 0.3) is 5.91 Å². The first kappa shape index (κ1) is 26.0. The van der Waals surface area contributed by atoms with E-state index in [4.69, 9.17) is 16.3 Å². The predicted octanol–water partition coefficient (Wildman–Crippen LogP) is 8.13. The highest BCUT2D eigenvalue weighted by molar-refractivity contribution is 6.35. The number of fused-ring (bicyclic) bond motifs is 1. The van der Waals surface area contributed by atoms with Crippen molar-refractivity contribution >= 4 is 34.8 Å². The van der Waals surface area contributed by atoms with E-state index >= 15 is 0 Å². The summed E-state index contributed by atoms with van der Waals surface area (Å²) >= 11 is 5.97. The van der Waals surface area contributed by atoms with E-state index in [2.05, 4.69) is 77.2 Å². The molecule has 3 nitrogen and oxygen atoms in total. The second-order valence-corrected chi connectivity index (χ2v) is 11.9. The lowest BCUT2D eigenvalue weighted by molar-refractivity contribution is -0.110. The molecule has 4 rings (SSSR count). The standard InChI is InChI=1S/C32H36ClNO2/c1-31(2,3)26-18-23(17-25-24-16-21(14-15-33)12-13-28(24)34-30(25)35)19-27(32(4,5)6)29(26)36-20-22-10-8-7-9-11-22/h7-13,16-19H,14-15,20H2,1-6H3,(H,34,35). The van der Waals surface area contributed by atoms with Gasteiger partial charge >= 0.3 is 0 Å². The minimum atomic E-state index is -0.149. The zero-order valence-electron chi connectivity index (χ0n) is 22.2. The third-order valence-electron chi connectivity index (χ3n) is 6.51. The monoisotopic (exact) mass is 501 g/mol. The molecule has 3 aromatic rings. The molecule has 1 aliphatic heterocycles. The van der Waals surface area contributed by atoms with E-state index in [-0.39, 0.29) is 16.7 Å². The molecule has 1 amide bonds. The lowest BCUT2D eigenvalue weighted by atomic mass is 9.78.